The van der Waals surface area contributed by atoms with Gasteiger partial charge in [0, 0.05) is 22.8 Å². The van der Waals surface area contributed by atoms with Crippen molar-refractivity contribution in [1.29, 1.82) is 0 Å². The molecule has 3 N–H and O–H groups in total. The molecular formula is C26H34O6. The molecule has 6 heteroatoms. The van der Waals surface area contributed by atoms with E-state index in [0.29, 0.717) is 47.1 Å². The van der Waals surface area contributed by atoms with Crippen LogP contribution in [0.25, 0.3) is 0 Å². The lowest BCUT2D eigenvalue weighted by molar-refractivity contribution is 0.0889. The van der Waals surface area contributed by atoms with E-state index in [1.54, 1.807) is 12.1 Å². The standard InChI is InChI=1S/C26H34O6/c1-14(2)6-8-17-21(28)12-22-23(24(17)29)25(30)19(13-32-22)16-10-11-20(27)18(26(16)31-5)9-7-15(3)4/h10-12,14-15,19,27-29H,6-9,13H2,1-5H3. The molecule has 0 saturated carbocycles. The molecule has 0 bridgehead atoms. The van der Waals surface area contributed by atoms with E-state index in [9.17, 15) is 20.1 Å². The van der Waals surface area contributed by atoms with Crippen molar-refractivity contribution in [1.82, 2.24) is 0 Å². The Morgan fingerprint density at radius 1 is 1.00 bits per heavy atom. The van der Waals surface area contributed by atoms with Crippen LogP contribution in [-0.4, -0.2) is 34.8 Å². The van der Waals surface area contributed by atoms with Gasteiger partial charge in [0.05, 0.1) is 13.0 Å². The van der Waals surface area contributed by atoms with E-state index in [1.165, 1.54) is 13.2 Å². The second kappa shape index (κ2) is 9.72. The highest BCUT2D eigenvalue weighted by molar-refractivity contribution is 6.07. The van der Waals surface area contributed by atoms with Crippen molar-refractivity contribution in [3.8, 4) is 28.7 Å². The highest BCUT2D eigenvalue weighted by Crippen LogP contribution is 2.46. The minimum Gasteiger partial charge on any atom is -0.508 e. The Labute approximate surface area is 189 Å². The maximum Gasteiger partial charge on any atom is 0.181 e. The Morgan fingerprint density at radius 3 is 2.22 bits per heavy atom. The van der Waals surface area contributed by atoms with Gasteiger partial charge in [0.2, 0.25) is 0 Å². The molecule has 1 heterocycles. The molecule has 6 nitrogen and oxygen atoms in total. The number of aromatic hydroxyl groups is 3. The van der Waals surface area contributed by atoms with E-state index in [0.717, 1.165) is 12.8 Å². The number of ketones is 1. The van der Waals surface area contributed by atoms with Gasteiger partial charge in [-0.15, -0.1) is 0 Å². The lowest BCUT2D eigenvalue weighted by Crippen LogP contribution is -2.27. The second-order valence-corrected chi connectivity index (χ2v) is 9.37. The van der Waals surface area contributed by atoms with E-state index in [2.05, 4.69) is 27.7 Å². The van der Waals surface area contributed by atoms with Gasteiger partial charge in [-0.1, -0.05) is 33.8 Å². The van der Waals surface area contributed by atoms with Crippen molar-refractivity contribution in [3.05, 3.63) is 40.5 Å². The molecular weight excluding hydrogens is 408 g/mol. The van der Waals surface area contributed by atoms with Crippen LogP contribution in [0.15, 0.2) is 18.2 Å². The first-order valence-electron chi connectivity index (χ1n) is 11.3. The molecule has 1 aliphatic heterocycles. The van der Waals surface area contributed by atoms with Crippen molar-refractivity contribution in [2.45, 2.75) is 59.3 Å². The van der Waals surface area contributed by atoms with Crippen LogP contribution < -0.4 is 9.47 Å². The summed E-state index contributed by atoms with van der Waals surface area (Å²) in [5, 5.41) is 31.7. The van der Waals surface area contributed by atoms with Crippen molar-refractivity contribution < 1.29 is 29.6 Å². The maximum atomic E-state index is 13.5. The average molecular weight is 443 g/mol. The molecule has 3 rings (SSSR count). The zero-order valence-corrected chi connectivity index (χ0v) is 19.6. The van der Waals surface area contributed by atoms with E-state index in [1.807, 2.05) is 0 Å². The molecule has 174 valence electrons. The summed E-state index contributed by atoms with van der Waals surface area (Å²) in [6.07, 6.45) is 2.72. The summed E-state index contributed by atoms with van der Waals surface area (Å²) in [6.45, 7) is 8.39. The summed E-state index contributed by atoms with van der Waals surface area (Å²) in [7, 11) is 1.53. The highest BCUT2D eigenvalue weighted by atomic mass is 16.5. The van der Waals surface area contributed by atoms with Gasteiger partial charge in [0.25, 0.3) is 0 Å². The van der Waals surface area contributed by atoms with Crippen molar-refractivity contribution >= 4 is 5.78 Å². The Kier molecular flexibility index (Phi) is 7.22. The van der Waals surface area contributed by atoms with E-state index < -0.39 is 5.92 Å². The van der Waals surface area contributed by atoms with Crippen LogP contribution in [0.3, 0.4) is 0 Å². The molecule has 1 atom stereocenters. The first-order chi connectivity index (χ1) is 15.1. The fraction of sp³-hybridized carbons (Fsp3) is 0.500. The summed E-state index contributed by atoms with van der Waals surface area (Å²) in [5.74, 6) is 0.386. The highest BCUT2D eigenvalue weighted by Gasteiger charge is 2.37. The summed E-state index contributed by atoms with van der Waals surface area (Å²) in [4.78, 5) is 13.5. The fourth-order valence-electron chi connectivity index (χ4n) is 4.18. The van der Waals surface area contributed by atoms with Crippen LogP contribution in [0.4, 0.5) is 0 Å². The van der Waals surface area contributed by atoms with Gasteiger partial charge in [-0.2, -0.15) is 0 Å². The summed E-state index contributed by atoms with van der Waals surface area (Å²) in [6, 6.07) is 4.68. The quantitative estimate of drug-likeness (QED) is 0.510. The van der Waals surface area contributed by atoms with Crippen molar-refractivity contribution in [2.24, 2.45) is 11.8 Å². The zero-order chi connectivity index (χ0) is 23.6. The van der Waals surface area contributed by atoms with E-state index in [-0.39, 0.29) is 41.0 Å². The molecule has 0 spiro atoms. The Hall–Kier alpha value is -2.89. The van der Waals surface area contributed by atoms with Gasteiger partial charge >= 0.3 is 0 Å². The lowest BCUT2D eigenvalue weighted by Gasteiger charge is -2.28. The molecule has 1 aliphatic rings. The predicted molar refractivity (Wildman–Crippen MR) is 123 cm³/mol. The largest absolute Gasteiger partial charge is 0.508 e. The van der Waals surface area contributed by atoms with E-state index in [4.69, 9.17) is 9.47 Å². The first kappa shape index (κ1) is 23.8. The van der Waals surface area contributed by atoms with Gasteiger partial charge in [-0.25, -0.2) is 0 Å². The summed E-state index contributed by atoms with van der Waals surface area (Å²) >= 11 is 0. The number of phenolic OH excluding ortho intramolecular Hbond substituents is 3. The minimum atomic E-state index is -0.691. The summed E-state index contributed by atoms with van der Waals surface area (Å²) < 4.78 is 11.5. The van der Waals surface area contributed by atoms with Gasteiger partial charge in [0.1, 0.15) is 40.9 Å². The molecule has 2 aromatic rings. The average Bonchev–Trinajstić information content (AvgIpc) is 2.72. The lowest BCUT2D eigenvalue weighted by atomic mass is 9.84. The first-order valence-corrected chi connectivity index (χ1v) is 11.3. The van der Waals surface area contributed by atoms with Gasteiger partial charge < -0.3 is 24.8 Å². The number of hydrogen-bond acceptors (Lipinski definition) is 6. The number of carbonyl (C=O) groups is 1. The number of ether oxygens (including phenoxy) is 2. The topological polar surface area (TPSA) is 96.2 Å². The SMILES string of the molecule is COc1c(C2COc3cc(O)c(CCC(C)C)c(O)c3C2=O)ccc(O)c1CCC(C)C. The minimum absolute atomic E-state index is 0.0564. The molecule has 0 saturated heterocycles. The molecule has 0 aromatic heterocycles. The van der Waals surface area contributed by atoms with Crippen LogP contribution >= 0.6 is 0 Å². The smallest absolute Gasteiger partial charge is 0.181 e. The van der Waals surface area contributed by atoms with Crippen LogP contribution in [0.5, 0.6) is 28.7 Å². The molecule has 0 aliphatic carbocycles. The number of benzene rings is 2. The number of phenols is 3. The van der Waals surface area contributed by atoms with E-state index >= 15 is 0 Å². The maximum absolute atomic E-state index is 13.5. The third-order valence-corrected chi connectivity index (χ3v) is 6.10. The number of methoxy groups -OCH3 is 1. The molecule has 0 fully saturated rings. The van der Waals surface area contributed by atoms with Gasteiger partial charge in [0.15, 0.2) is 5.78 Å². The third-order valence-electron chi connectivity index (χ3n) is 6.10. The van der Waals surface area contributed by atoms with Gasteiger partial charge in [-0.3, -0.25) is 4.79 Å². The van der Waals surface area contributed by atoms with Crippen LogP contribution in [-0.2, 0) is 12.8 Å². The molecule has 2 aromatic carbocycles. The number of hydrogen-bond donors (Lipinski definition) is 3. The monoisotopic (exact) mass is 442 g/mol. The normalized spacial score (nSPS) is 15.7. The third kappa shape index (κ3) is 4.64. The van der Waals surface area contributed by atoms with Crippen LogP contribution in [0.2, 0.25) is 0 Å². The second-order valence-electron chi connectivity index (χ2n) is 9.37. The predicted octanol–water partition coefficient (Wildman–Crippen LogP) is 5.35. The number of carbonyl (C=O) groups excluding carboxylic acids is 1. The summed E-state index contributed by atoms with van der Waals surface area (Å²) in [5.41, 5.74) is 1.75. The number of fused-ring (bicyclic) bond motifs is 1. The number of rotatable bonds is 8. The Bertz CT molecular complexity index is 993. The fourth-order valence-corrected chi connectivity index (χ4v) is 4.18. The van der Waals surface area contributed by atoms with Crippen molar-refractivity contribution in [3.63, 3.8) is 0 Å². The van der Waals surface area contributed by atoms with Gasteiger partial charge in [-0.05, 0) is 43.6 Å². The van der Waals surface area contributed by atoms with Crippen LogP contribution in [0.1, 0.15) is 73.5 Å². The number of Topliss-reactive ketones (excluding diaryl/α,β-unsaturated/α-hetero) is 1. The Balaban J connectivity index is 2.03. The Morgan fingerprint density at radius 2 is 1.62 bits per heavy atom. The molecule has 0 radical (unpaired) electrons. The van der Waals surface area contributed by atoms with Crippen molar-refractivity contribution in [2.75, 3.05) is 13.7 Å². The molecule has 0 amide bonds. The molecule has 1 unspecified atom stereocenters. The van der Waals surface area contributed by atoms with Crippen LogP contribution in [0, 0.1) is 11.8 Å². The molecule has 32 heavy (non-hydrogen) atoms. The zero-order valence-electron chi connectivity index (χ0n) is 19.6.